The summed E-state index contributed by atoms with van der Waals surface area (Å²) in [6, 6.07) is 25.7. The zero-order valence-electron chi connectivity index (χ0n) is 15.2. The van der Waals surface area contributed by atoms with Crippen LogP contribution in [0.3, 0.4) is 0 Å². The number of nitrogens with zero attached hydrogens (tertiary/aromatic N) is 1. The van der Waals surface area contributed by atoms with E-state index < -0.39 is 0 Å². The molecule has 0 heterocycles. The number of aryl methyl sites for hydroxylation is 1. The molecule has 0 radical (unpaired) electrons. The second kappa shape index (κ2) is 8.45. The molecule has 132 valence electrons. The summed E-state index contributed by atoms with van der Waals surface area (Å²) in [6.45, 7) is 3.12. The molecule has 0 aliphatic carbocycles. The fourth-order valence-electron chi connectivity index (χ4n) is 2.84. The normalized spacial score (nSPS) is 10.5. The summed E-state index contributed by atoms with van der Waals surface area (Å²) in [4.78, 5) is 15.0. The van der Waals surface area contributed by atoms with Gasteiger partial charge < -0.3 is 9.64 Å². The van der Waals surface area contributed by atoms with Gasteiger partial charge in [-0.15, -0.1) is 0 Å². The number of benzene rings is 3. The van der Waals surface area contributed by atoms with Gasteiger partial charge in [0.25, 0.3) is 5.91 Å². The van der Waals surface area contributed by atoms with Crippen molar-refractivity contribution in [3.05, 3.63) is 101 Å². The van der Waals surface area contributed by atoms with E-state index in [9.17, 15) is 4.79 Å². The van der Waals surface area contributed by atoms with Gasteiger partial charge in [0.15, 0.2) is 0 Å². The molecule has 0 spiro atoms. The first kappa shape index (κ1) is 17.9. The number of hydrogen-bond donors (Lipinski definition) is 0. The van der Waals surface area contributed by atoms with E-state index in [1.807, 2.05) is 90.7 Å². The van der Waals surface area contributed by atoms with Crippen LogP contribution in [0.1, 0.15) is 27.0 Å². The van der Waals surface area contributed by atoms with Crippen LogP contribution >= 0.6 is 0 Å². The second-order valence-electron chi connectivity index (χ2n) is 6.34. The van der Waals surface area contributed by atoms with Gasteiger partial charge in [-0.3, -0.25) is 4.79 Å². The van der Waals surface area contributed by atoms with Gasteiger partial charge in [-0.1, -0.05) is 60.2 Å². The molecule has 0 aliphatic heterocycles. The number of methoxy groups -OCH3 is 1. The van der Waals surface area contributed by atoms with Gasteiger partial charge >= 0.3 is 0 Å². The number of ether oxygens (including phenoxy) is 1. The number of carbonyl (C=O) groups is 1. The molecular formula is C23H23NO2. The molecule has 3 nitrogen and oxygen atoms in total. The lowest BCUT2D eigenvalue weighted by molar-refractivity contribution is 0.0985. The van der Waals surface area contributed by atoms with Gasteiger partial charge in [0.05, 0.1) is 13.2 Å². The Hall–Kier alpha value is -2.91. The summed E-state index contributed by atoms with van der Waals surface area (Å²) >= 11 is 0. The standard InChI is InChI=1S/C23H23NO2/c1-18-8-14-22(15-9-18)24(16-19-6-4-3-5-7-19)23(25)21-12-10-20(11-13-21)17-26-2/h3-15H,16-17H2,1-2H3. The van der Waals surface area contributed by atoms with Crippen molar-refractivity contribution in [3.8, 4) is 0 Å². The maximum Gasteiger partial charge on any atom is 0.258 e. The van der Waals surface area contributed by atoms with Crippen molar-refractivity contribution in [2.45, 2.75) is 20.1 Å². The minimum absolute atomic E-state index is 0.0123. The van der Waals surface area contributed by atoms with Gasteiger partial charge in [-0.25, -0.2) is 0 Å². The summed E-state index contributed by atoms with van der Waals surface area (Å²) in [6.07, 6.45) is 0. The van der Waals surface area contributed by atoms with Gasteiger partial charge in [0.1, 0.15) is 0 Å². The van der Waals surface area contributed by atoms with Crippen LogP contribution in [0, 0.1) is 6.92 Å². The fraction of sp³-hybridized carbons (Fsp3) is 0.174. The molecule has 3 aromatic rings. The molecule has 1 amide bonds. The third kappa shape index (κ3) is 4.38. The van der Waals surface area contributed by atoms with Gasteiger partial charge in [-0.2, -0.15) is 0 Å². The lowest BCUT2D eigenvalue weighted by Gasteiger charge is -2.23. The van der Waals surface area contributed by atoms with E-state index in [2.05, 4.69) is 0 Å². The first-order chi connectivity index (χ1) is 12.7. The Morgan fingerprint density at radius 1 is 0.846 bits per heavy atom. The summed E-state index contributed by atoms with van der Waals surface area (Å²) in [7, 11) is 1.66. The van der Waals surface area contributed by atoms with Gasteiger partial charge in [-0.05, 0) is 42.3 Å². The summed E-state index contributed by atoms with van der Waals surface area (Å²) in [5, 5.41) is 0. The van der Waals surface area contributed by atoms with E-state index in [4.69, 9.17) is 4.74 Å². The summed E-state index contributed by atoms with van der Waals surface area (Å²) in [5.74, 6) is -0.0123. The zero-order valence-corrected chi connectivity index (χ0v) is 15.2. The average Bonchev–Trinajstić information content (AvgIpc) is 2.68. The number of carbonyl (C=O) groups excluding carboxylic acids is 1. The average molecular weight is 345 g/mol. The quantitative estimate of drug-likeness (QED) is 0.630. The monoisotopic (exact) mass is 345 g/mol. The lowest BCUT2D eigenvalue weighted by Crippen LogP contribution is -2.30. The molecule has 0 fully saturated rings. The van der Waals surface area contributed by atoms with Gasteiger partial charge in [0.2, 0.25) is 0 Å². The highest BCUT2D eigenvalue weighted by atomic mass is 16.5. The van der Waals surface area contributed by atoms with Crippen LogP contribution < -0.4 is 4.90 Å². The highest BCUT2D eigenvalue weighted by molar-refractivity contribution is 6.06. The van der Waals surface area contributed by atoms with Crippen molar-refractivity contribution in [2.24, 2.45) is 0 Å². The molecule has 0 aliphatic rings. The van der Waals surface area contributed by atoms with E-state index >= 15 is 0 Å². The molecule has 3 rings (SSSR count). The molecule has 0 bridgehead atoms. The predicted octanol–water partition coefficient (Wildman–Crippen LogP) is 4.99. The second-order valence-corrected chi connectivity index (χ2v) is 6.34. The van der Waals surface area contributed by atoms with Crippen molar-refractivity contribution in [1.29, 1.82) is 0 Å². The summed E-state index contributed by atoms with van der Waals surface area (Å²) in [5.41, 5.74) is 4.88. The minimum Gasteiger partial charge on any atom is -0.380 e. The highest BCUT2D eigenvalue weighted by Gasteiger charge is 2.18. The fourth-order valence-corrected chi connectivity index (χ4v) is 2.84. The van der Waals surface area contributed by atoms with Crippen LogP contribution in [0.15, 0.2) is 78.9 Å². The van der Waals surface area contributed by atoms with Crippen LogP contribution in [0.4, 0.5) is 5.69 Å². The molecule has 0 aromatic heterocycles. The van der Waals surface area contributed by atoms with Crippen molar-refractivity contribution >= 4 is 11.6 Å². The Kier molecular flexibility index (Phi) is 5.82. The molecule has 3 heteroatoms. The van der Waals surface area contributed by atoms with Crippen molar-refractivity contribution < 1.29 is 9.53 Å². The third-order valence-corrected chi connectivity index (χ3v) is 4.29. The molecule has 0 saturated carbocycles. The van der Waals surface area contributed by atoms with Gasteiger partial charge in [0, 0.05) is 18.4 Å². The Morgan fingerprint density at radius 2 is 1.50 bits per heavy atom. The maximum absolute atomic E-state index is 13.2. The molecule has 0 saturated heterocycles. The van der Waals surface area contributed by atoms with E-state index in [1.54, 1.807) is 7.11 Å². The largest absolute Gasteiger partial charge is 0.380 e. The number of rotatable bonds is 6. The van der Waals surface area contributed by atoms with Crippen LogP contribution in [0.25, 0.3) is 0 Å². The van der Waals surface area contributed by atoms with Crippen LogP contribution in [0.2, 0.25) is 0 Å². The molecule has 3 aromatic carbocycles. The summed E-state index contributed by atoms with van der Waals surface area (Å²) < 4.78 is 5.14. The SMILES string of the molecule is COCc1ccc(C(=O)N(Cc2ccccc2)c2ccc(C)cc2)cc1. The predicted molar refractivity (Wildman–Crippen MR) is 105 cm³/mol. The number of hydrogen-bond acceptors (Lipinski definition) is 2. The van der Waals surface area contributed by atoms with Crippen molar-refractivity contribution in [2.75, 3.05) is 12.0 Å². The first-order valence-electron chi connectivity index (χ1n) is 8.68. The Morgan fingerprint density at radius 3 is 2.12 bits per heavy atom. The lowest BCUT2D eigenvalue weighted by atomic mass is 10.1. The van der Waals surface area contributed by atoms with Crippen molar-refractivity contribution in [1.82, 2.24) is 0 Å². The molecule has 26 heavy (non-hydrogen) atoms. The Bertz CT molecular complexity index is 840. The van der Waals surface area contributed by atoms with E-state index in [0.29, 0.717) is 18.7 Å². The maximum atomic E-state index is 13.2. The number of amides is 1. The number of anilines is 1. The first-order valence-corrected chi connectivity index (χ1v) is 8.68. The van der Waals surface area contributed by atoms with E-state index in [-0.39, 0.29) is 5.91 Å². The van der Waals surface area contributed by atoms with Crippen LogP contribution in [-0.4, -0.2) is 13.0 Å². The highest BCUT2D eigenvalue weighted by Crippen LogP contribution is 2.21. The molecule has 0 N–H and O–H groups in total. The van der Waals surface area contributed by atoms with E-state index in [1.165, 1.54) is 5.56 Å². The molecule has 0 atom stereocenters. The van der Waals surface area contributed by atoms with Crippen molar-refractivity contribution in [3.63, 3.8) is 0 Å². The topological polar surface area (TPSA) is 29.5 Å². The Labute approximate surface area is 154 Å². The van der Waals surface area contributed by atoms with Crippen LogP contribution in [-0.2, 0) is 17.9 Å². The molecule has 0 unspecified atom stereocenters. The smallest absolute Gasteiger partial charge is 0.258 e. The Balaban J connectivity index is 1.91. The molecular weight excluding hydrogens is 322 g/mol. The minimum atomic E-state index is -0.0123. The third-order valence-electron chi connectivity index (χ3n) is 4.29. The zero-order chi connectivity index (χ0) is 18.4. The van der Waals surface area contributed by atoms with Crippen LogP contribution in [0.5, 0.6) is 0 Å². The van der Waals surface area contributed by atoms with E-state index in [0.717, 1.165) is 16.8 Å².